The van der Waals surface area contributed by atoms with Gasteiger partial charge >= 0.3 is 0 Å². The minimum atomic E-state index is 0.0688. The highest BCUT2D eigenvalue weighted by atomic mass is 32.1. The van der Waals surface area contributed by atoms with Gasteiger partial charge in [0.1, 0.15) is 5.75 Å². The van der Waals surface area contributed by atoms with Crippen LogP contribution in [-0.4, -0.2) is 26.2 Å². The lowest BCUT2D eigenvalue weighted by Crippen LogP contribution is -2.45. The van der Waals surface area contributed by atoms with E-state index in [9.17, 15) is 0 Å². The van der Waals surface area contributed by atoms with Crippen LogP contribution >= 0.6 is 11.3 Å². The average molecular weight is 343 g/mol. The Morgan fingerprint density at radius 1 is 1.29 bits per heavy atom. The van der Waals surface area contributed by atoms with E-state index in [2.05, 4.69) is 59.1 Å². The maximum Gasteiger partial charge on any atom is 0.191 e. The number of guanidine groups is 1. The van der Waals surface area contributed by atoms with E-state index in [1.165, 1.54) is 10.4 Å². The number of hydrogen-bond donors (Lipinski definition) is 2. The maximum absolute atomic E-state index is 5.73. The highest BCUT2D eigenvalue weighted by Crippen LogP contribution is 2.31. The Labute approximate surface area is 148 Å². The number of thiophene rings is 1. The number of benzene rings is 1. The van der Waals surface area contributed by atoms with Gasteiger partial charge in [0.05, 0.1) is 12.6 Å². The molecule has 0 radical (unpaired) electrons. The maximum atomic E-state index is 5.73. The monoisotopic (exact) mass is 343 g/mol. The van der Waals surface area contributed by atoms with Crippen molar-refractivity contribution in [3.63, 3.8) is 0 Å². The normalized spacial score (nSPS) is 17.8. The van der Waals surface area contributed by atoms with Crippen LogP contribution in [0.2, 0.25) is 0 Å². The summed E-state index contributed by atoms with van der Waals surface area (Å²) in [7, 11) is 1.82. The van der Waals surface area contributed by atoms with Crippen LogP contribution in [0.1, 0.15) is 36.8 Å². The van der Waals surface area contributed by atoms with Crippen molar-refractivity contribution >= 4 is 17.3 Å². The molecule has 1 aromatic carbocycles. The van der Waals surface area contributed by atoms with Crippen LogP contribution in [0.4, 0.5) is 0 Å². The summed E-state index contributed by atoms with van der Waals surface area (Å²) in [6, 6.07) is 12.7. The lowest BCUT2D eigenvalue weighted by atomic mass is 9.91. The molecule has 1 unspecified atom stereocenters. The zero-order valence-corrected chi connectivity index (χ0v) is 15.3. The molecular formula is C19H25N3OS. The Bertz CT molecular complexity index is 694. The van der Waals surface area contributed by atoms with Gasteiger partial charge in [0, 0.05) is 35.9 Å². The second kappa shape index (κ2) is 7.26. The van der Waals surface area contributed by atoms with Gasteiger partial charge in [-0.3, -0.25) is 4.99 Å². The Morgan fingerprint density at radius 3 is 2.88 bits per heavy atom. The minimum Gasteiger partial charge on any atom is -0.493 e. The number of hydrogen-bond acceptors (Lipinski definition) is 3. The summed E-state index contributed by atoms with van der Waals surface area (Å²) < 4.78 is 5.73. The summed E-state index contributed by atoms with van der Waals surface area (Å²) in [6.07, 6.45) is 0.937. The van der Waals surface area contributed by atoms with E-state index in [-0.39, 0.29) is 11.5 Å². The summed E-state index contributed by atoms with van der Waals surface area (Å²) in [4.78, 5) is 5.77. The Balaban J connectivity index is 1.64. The van der Waals surface area contributed by atoms with Crippen molar-refractivity contribution in [2.45, 2.75) is 31.7 Å². The van der Waals surface area contributed by atoms with Gasteiger partial charge in [0.2, 0.25) is 0 Å². The number of nitrogens with one attached hydrogen (secondary N) is 2. The van der Waals surface area contributed by atoms with E-state index in [4.69, 9.17) is 4.74 Å². The van der Waals surface area contributed by atoms with Gasteiger partial charge in [0.25, 0.3) is 0 Å². The third kappa shape index (κ3) is 3.73. The zero-order valence-electron chi connectivity index (χ0n) is 14.5. The molecule has 1 aromatic heterocycles. The molecule has 1 aliphatic rings. The van der Waals surface area contributed by atoms with E-state index in [1.54, 1.807) is 11.3 Å². The minimum absolute atomic E-state index is 0.0688. The lowest BCUT2D eigenvalue weighted by Gasteiger charge is -2.30. The standard InChI is InChI=1S/C19H25N3OS/c1-19(2,17-9-6-12-24-17)13-21-18(20-3)22-15-10-11-23-16-8-5-4-7-14(15)16/h4-9,12,15H,10-11,13H2,1-3H3,(H2,20,21,22). The molecule has 4 nitrogen and oxygen atoms in total. The van der Waals surface area contributed by atoms with E-state index < -0.39 is 0 Å². The number of rotatable bonds is 4. The van der Waals surface area contributed by atoms with Crippen molar-refractivity contribution in [2.75, 3.05) is 20.2 Å². The first kappa shape index (κ1) is 16.8. The molecule has 1 aliphatic heterocycles. The molecule has 24 heavy (non-hydrogen) atoms. The van der Waals surface area contributed by atoms with Crippen molar-refractivity contribution in [1.82, 2.24) is 10.6 Å². The molecule has 0 saturated heterocycles. The number of para-hydroxylation sites is 1. The first-order valence-electron chi connectivity index (χ1n) is 8.33. The molecule has 128 valence electrons. The van der Waals surface area contributed by atoms with Crippen LogP contribution in [0.25, 0.3) is 0 Å². The van der Waals surface area contributed by atoms with Gasteiger partial charge < -0.3 is 15.4 Å². The summed E-state index contributed by atoms with van der Waals surface area (Å²) in [5, 5.41) is 9.15. The largest absolute Gasteiger partial charge is 0.493 e. The van der Waals surface area contributed by atoms with Gasteiger partial charge in [-0.05, 0) is 17.5 Å². The molecular weight excluding hydrogens is 318 g/mol. The number of nitrogens with zero attached hydrogens (tertiary/aromatic N) is 1. The van der Waals surface area contributed by atoms with Crippen LogP contribution in [0, 0.1) is 0 Å². The Morgan fingerprint density at radius 2 is 2.12 bits per heavy atom. The summed E-state index contributed by atoms with van der Waals surface area (Å²) >= 11 is 1.80. The topological polar surface area (TPSA) is 45.7 Å². The smallest absolute Gasteiger partial charge is 0.191 e. The van der Waals surface area contributed by atoms with Crippen LogP contribution in [-0.2, 0) is 5.41 Å². The molecule has 5 heteroatoms. The highest BCUT2D eigenvalue weighted by Gasteiger charge is 2.24. The summed E-state index contributed by atoms with van der Waals surface area (Å²) in [5.41, 5.74) is 1.27. The van der Waals surface area contributed by atoms with Crippen molar-refractivity contribution < 1.29 is 4.74 Å². The van der Waals surface area contributed by atoms with Crippen molar-refractivity contribution in [3.8, 4) is 5.75 Å². The molecule has 3 rings (SSSR count). The van der Waals surface area contributed by atoms with Gasteiger partial charge in [-0.2, -0.15) is 0 Å². The lowest BCUT2D eigenvalue weighted by molar-refractivity contribution is 0.261. The number of fused-ring (bicyclic) bond motifs is 1. The van der Waals surface area contributed by atoms with Crippen molar-refractivity contribution in [3.05, 3.63) is 52.2 Å². The second-order valence-electron chi connectivity index (χ2n) is 6.66. The summed E-state index contributed by atoms with van der Waals surface area (Å²) in [5.74, 6) is 1.80. The van der Waals surface area contributed by atoms with E-state index >= 15 is 0 Å². The molecule has 0 amide bonds. The highest BCUT2D eigenvalue weighted by molar-refractivity contribution is 7.10. The van der Waals surface area contributed by atoms with Crippen LogP contribution < -0.4 is 15.4 Å². The van der Waals surface area contributed by atoms with E-state index in [1.807, 2.05) is 19.2 Å². The molecule has 1 atom stereocenters. The van der Waals surface area contributed by atoms with Crippen molar-refractivity contribution in [1.29, 1.82) is 0 Å². The predicted molar refractivity (Wildman–Crippen MR) is 101 cm³/mol. The zero-order chi connectivity index (χ0) is 17.0. The molecule has 0 spiro atoms. The Hall–Kier alpha value is -2.01. The molecule has 0 fully saturated rings. The van der Waals surface area contributed by atoms with Crippen LogP contribution in [0.5, 0.6) is 5.75 Å². The summed E-state index contributed by atoms with van der Waals surface area (Å²) in [6.45, 7) is 6.07. The fraction of sp³-hybridized carbons (Fsp3) is 0.421. The third-order valence-corrected chi connectivity index (χ3v) is 5.61. The third-order valence-electron chi connectivity index (χ3n) is 4.38. The fourth-order valence-electron chi connectivity index (χ4n) is 2.91. The quantitative estimate of drug-likeness (QED) is 0.657. The molecule has 2 aromatic rings. The van der Waals surface area contributed by atoms with Gasteiger partial charge in [-0.1, -0.05) is 38.1 Å². The van der Waals surface area contributed by atoms with E-state index in [0.717, 1.165) is 31.3 Å². The number of aliphatic imine (C=N–C) groups is 1. The van der Waals surface area contributed by atoms with Gasteiger partial charge in [-0.15, -0.1) is 11.3 Å². The molecule has 0 saturated carbocycles. The fourth-order valence-corrected chi connectivity index (χ4v) is 3.76. The van der Waals surface area contributed by atoms with Gasteiger partial charge in [-0.25, -0.2) is 0 Å². The predicted octanol–water partition coefficient (Wildman–Crippen LogP) is 3.71. The first-order chi connectivity index (χ1) is 11.6. The second-order valence-corrected chi connectivity index (χ2v) is 7.61. The number of ether oxygens (including phenoxy) is 1. The van der Waals surface area contributed by atoms with Crippen LogP contribution in [0.3, 0.4) is 0 Å². The molecule has 2 N–H and O–H groups in total. The molecule has 2 heterocycles. The Kier molecular flexibility index (Phi) is 5.09. The SMILES string of the molecule is CN=C(NCC(C)(C)c1cccs1)NC1CCOc2ccccc21. The molecule has 0 bridgehead atoms. The molecule has 0 aliphatic carbocycles. The van der Waals surface area contributed by atoms with Crippen LogP contribution in [0.15, 0.2) is 46.8 Å². The first-order valence-corrected chi connectivity index (χ1v) is 9.21. The van der Waals surface area contributed by atoms with Gasteiger partial charge in [0.15, 0.2) is 5.96 Å². The van der Waals surface area contributed by atoms with Crippen molar-refractivity contribution in [2.24, 2.45) is 4.99 Å². The average Bonchev–Trinajstić information content (AvgIpc) is 3.14. The van der Waals surface area contributed by atoms with E-state index in [0.29, 0.717) is 0 Å².